The molecule has 1 aromatic carbocycles. The molecule has 0 fully saturated rings. The fourth-order valence-corrected chi connectivity index (χ4v) is 1.89. The Bertz CT molecular complexity index is 398. The summed E-state index contributed by atoms with van der Waals surface area (Å²) in [5.74, 6) is 7.04. The molecular weight excluding hydrogens is 236 g/mol. The molecule has 0 aliphatic heterocycles. The molecule has 1 atom stereocenters. The number of hydrogen-bond acceptors (Lipinski definition) is 2. The zero-order chi connectivity index (χ0) is 13.9. The van der Waals surface area contributed by atoms with Crippen molar-refractivity contribution < 1.29 is 9.84 Å². The van der Waals surface area contributed by atoms with Crippen LogP contribution in [0.4, 0.5) is 0 Å². The lowest BCUT2D eigenvalue weighted by atomic mass is 10.0. The molecule has 0 aromatic heterocycles. The van der Waals surface area contributed by atoms with Gasteiger partial charge in [-0.05, 0) is 36.6 Å². The molecule has 0 radical (unpaired) electrons. The standard InChI is InChI=1S/C17H24O2/c1-3-5-7-15(4-2)14-19-17-11-9-16(10-12-17)8-6-13-18/h9-12,15,18H,3-5,7,13-14H2,1-2H3. The monoisotopic (exact) mass is 260 g/mol. The van der Waals surface area contributed by atoms with Crippen molar-refractivity contribution in [3.8, 4) is 17.6 Å². The van der Waals surface area contributed by atoms with Crippen LogP contribution in [0.5, 0.6) is 5.75 Å². The second kappa shape index (κ2) is 9.47. The first-order valence-electron chi connectivity index (χ1n) is 7.12. The topological polar surface area (TPSA) is 29.5 Å². The van der Waals surface area contributed by atoms with Gasteiger partial charge in [-0.3, -0.25) is 0 Å². The highest BCUT2D eigenvalue weighted by atomic mass is 16.5. The highest BCUT2D eigenvalue weighted by molar-refractivity contribution is 5.38. The molecule has 0 heterocycles. The second-order valence-corrected chi connectivity index (χ2v) is 4.71. The number of ether oxygens (including phenoxy) is 1. The molecule has 0 aliphatic rings. The number of rotatable bonds is 7. The number of aliphatic hydroxyl groups excluding tert-OH is 1. The van der Waals surface area contributed by atoms with E-state index in [2.05, 4.69) is 25.7 Å². The maximum Gasteiger partial charge on any atom is 0.119 e. The van der Waals surface area contributed by atoms with E-state index in [4.69, 9.17) is 9.84 Å². The van der Waals surface area contributed by atoms with Crippen molar-refractivity contribution in [2.45, 2.75) is 39.5 Å². The fourth-order valence-electron chi connectivity index (χ4n) is 1.89. The summed E-state index contributed by atoms with van der Waals surface area (Å²) in [5, 5.41) is 8.63. The average Bonchev–Trinajstić information content (AvgIpc) is 2.46. The lowest BCUT2D eigenvalue weighted by Gasteiger charge is -2.15. The molecule has 1 unspecified atom stereocenters. The summed E-state index contributed by atoms with van der Waals surface area (Å²) in [6, 6.07) is 7.72. The van der Waals surface area contributed by atoms with E-state index in [0.29, 0.717) is 5.92 Å². The van der Waals surface area contributed by atoms with Crippen LogP contribution in [0, 0.1) is 17.8 Å². The predicted molar refractivity (Wildman–Crippen MR) is 79.2 cm³/mol. The number of hydrogen-bond donors (Lipinski definition) is 1. The van der Waals surface area contributed by atoms with E-state index in [0.717, 1.165) is 17.9 Å². The second-order valence-electron chi connectivity index (χ2n) is 4.71. The Balaban J connectivity index is 2.44. The van der Waals surface area contributed by atoms with Crippen LogP contribution in [0.1, 0.15) is 45.1 Å². The first-order chi connectivity index (χ1) is 9.30. The van der Waals surface area contributed by atoms with Crippen LogP contribution in [-0.2, 0) is 0 Å². The van der Waals surface area contributed by atoms with Gasteiger partial charge in [0.05, 0.1) is 6.61 Å². The maximum atomic E-state index is 8.63. The van der Waals surface area contributed by atoms with Crippen molar-refractivity contribution in [1.82, 2.24) is 0 Å². The van der Waals surface area contributed by atoms with Crippen molar-refractivity contribution >= 4 is 0 Å². The molecule has 1 rings (SSSR count). The maximum absolute atomic E-state index is 8.63. The molecule has 0 bridgehead atoms. The van der Waals surface area contributed by atoms with Gasteiger partial charge in [0.2, 0.25) is 0 Å². The van der Waals surface area contributed by atoms with Crippen LogP contribution in [0.15, 0.2) is 24.3 Å². The summed E-state index contributed by atoms with van der Waals surface area (Å²) in [4.78, 5) is 0. The first-order valence-corrected chi connectivity index (χ1v) is 7.12. The Morgan fingerprint density at radius 2 is 1.95 bits per heavy atom. The molecule has 2 nitrogen and oxygen atoms in total. The van der Waals surface area contributed by atoms with Crippen LogP contribution in [-0.4, -0.2) is 18.3 Å². The van der Waals surface area contributed by atoms with E-state index in [1.807, 2.05) is 24.3 Å². The number of unbranched alkanes of at least 4 members (excludes halogenated alkanes) is 1. The molecule has 2 heteroatoms. The fraction of sp³-hybridized carbons (Fsp3) is 0.529. The van der Waals surface area contributed by atoms with Crippen LogP contribution in [0.25, 0.3) is 0 Å². The van der Waals surface area contributed by atoms with Crippen LogP contribution >= 0.6 is 0 Å². The third kappa shape index (κ3) is 6.31. The van der Waals surface area contributed by atoms with Gasteiger partial charge in [-0.1, -0.05) is 45.0 Å². The summed E-state index contributed by atoms with van der Waals surface area (Å²) < 4.78 is 5.82. The van der Waals surface area contributed by atoms with Gasteiger partial charge < -0.3 is 9.84 Å². The molecule has 0 saturated carbocycles. The zero-order valence-electron chi connectivity index (χ0n) is 12.0. The van der Waals surface area contributed by atoms with Gasteiger partial charge in [-0.15, -0.1) is 0 Å². The van der Waals surface area contributed by atoms with E-state index in [9.17, 15) is 0 Å². The highest BCUT2D eigenvalue weighted by Crippen LogP contribution is 2.17. The third-order valence-corrected chi connectivity index (χ3v) is 3.20. The summed E-state index contributed by atoms with van der Waals surface area (Å²) in [5.41, 5.74) is 0.902. The van der Waals surface area contributed by atoms with Gasteiger partial charge in [0.25, 0.3) is 0 Å². The quantitative estimate of drug-likeness (QED) is 0.759. The van der Waals surface area contributed by atoms with Gasteiger partial charge in [-0.25, -0.2) is 0 Å². The predicted octanol–water partition coefficient (Wildman–Crippen LogP) is 3.63. The molecular formula is C17H24O2. The van der Waals surface area contributed by atoms with Gasteiger partial charge >= 0.3 is 0 Å². The number of benzene rings is 1. The van der Waals surface area contributed by atoms with Crippen LogP contribution < -0.4 is 4.74 Å². The zero-order valence-corrected chi connectivity index (χ0v) is 12.0. The minimum atomic E-state index is -0.103. The lowest BCUT2D eigenvalue weighted by molar-refractivity contribution is 0.233. The van der Waals surface area contributed by atoms with Gasteiger partial charge in [0.1, 0.15) is 12.4 Å². The van der Waals surface area contributed by atoms with Crippen molar-refractivity contribution in [1.29, 1.82) is 0 Å². The molecule has 1 N–H and O–H groups in total. The summed E-state index contributed by atoms with van der Waals surface area (Å²) in [6.45, 7) is 5.13. The van der Waals surface area contributed by atoms with E-state index < -0.39 is 0 Å². The van der Waals surface area contributed by atoms with Crippen molar-refractivity contribution in [3.63, 3.8) is 0 Å². The first kappa shape index (κ1) is 15.6. The van der Waals surface area contributed by atoms with E-state index in [1.165, 1.54) is 25.7 Å². The summed E-state index contributed by atoms with van der Waals surface area (Å²) in [6.07, 6.45) is 4.93. The SMILES string of the molecule is CCCCC(CC)COc1ccc(C#CCO)cc1. The minimum absolute atomic E-state index is 0.103. The Morgan fingerprint density at radius 3 is 2.53 bits per heavy atom. The Hall–Kier alpha value is -1.46. The average molecular weight is 260 g/mol. The molecule has 0 saturated heterocycles. The van der Waals surface area contributed by atoms with Crippen molar-refractivity contribution in [2.24, 2.45) is 5.92 Å². The molecule has 0 spiro atoms. The van der Waals surface area contributed by atoms with Crippen LogP contribution in [0.3, 0.4) is 0 Å². The molecule has 104 valence electrons. The summed E-state index contributed by atoms with van der Waals surface area (Å²) >= 11 is 0. The lowest BCUT2D eigenvalue weighted by Crippen LogP contribution is -2.11. The molecule has 19 heavy (non-hydrogen) atoms. The molecule has 0 amide bonds. The largest absolute Gasteiger partial charge is 0.493 e. The summed E-state index contributed by atoms with van der Waals surface area (Å²) in [7, 11) is 0. The van der Waals surface area contributed by atoms with Crippen LogP contribution in [0.2, 0.25) is 0 Å². The van der Waals surface area contributed by atoms with Gasteiger partial charge in [0.15, 0.2) is 0 Å². The molecule has 1 aromatic rings. The third-order valence-electron chi connectivity index (χ3n) is 3.20. The Labute approximate surface area is 116 Å². The van der Waals surface area contributed by atoms with E-state index in [-0.39, 0.29) is 6.61 Å². The molecule has 0 aliphatic carbocycles. The Morgan fingerprint density at radius 1 is 1.21 bits per heavy atom. The smallest absolute Gasteiger partial charge is 0.119 e. The van der Waals surface area contributed by atoms with Crippen molar-refractivity contribution in [2.75, 3.05) is 13.2 Å². The normalized spacial score (nSPS) is 11.5. The van der Waals surface area contributed by atoms with Gasteiger partial charge in [-0.2, -0.15) is 0 Å². The minimum Gasteiger partial charge on any atom is -0.493 e. The van der Waals surface area contributed by atoms with Crippen molar-refractivity contribution in [3.05, 3.63) is 29.8 Å². The van der Waals surface area contributed by atoms with E-state index >= 15 is 0 Å². The Kier molecular flexibility index (Phi) is 7.77. The van der Waals surface area contributed by atoms with E-state index in [1.54, 1.807) is 0 Å². The number of aliphatic hydroxyl groups is 1. The van der Waals surface area contributed by atoms with Gasteiger partial charge in [0, 0.05) is 5.56 Å². The highest BCUT2D eigenvalue weighted by Gasteiger charge is 2.06.